The van der Waals surface area contributed by atoms with Gasteiger partial charge in [-0.2, -0.15) is 26.3 Å². The maximum atomic E-state index is 13.2. The predicted octanol–water partition coefficient (Wildman–Crippen LogP) is 5.96. The maximum absolute atomic E-state index is 13.2. The number of benzene rings is 1. The van der Waals surface area contributed by atoms with Crippen molar-refractivity contribution in [3.05, 3.63) is 95.4 Å². The third-order valence-electron chi connectivity index (χ3n) is 7.12. The molecule has 2 heterocycles. The van der Waals surface area contributed by atoms with Crippen molar-refractivity contribution >= 4 is 11.5 Å². The third kappa shape index (κ3) is 7.87. The Morgan fingerprint density at radius 1 is 1.00 bits per heavy atom. The Bertz CT molecular complexity index is 1290. The topological polar surface area (TPSA) is 76.9 Å². The highest BCUT2D eigenvalue weighted by atomic mass is 19.4. The zero-order chi connectivity index (χ0) is 31.3. The van der Waals surface area contributed by atoms with Crippen LogP contribution in [0, 0.1) is 0 Å². The van der Waals surface area contributed by atoms with Gasteiger partial charge in [0.25, 0.3) is 5.60 Å². The van der Waals surface area contributed by atoms with Crippen LogP contribution in [0.25, 0.3) is 5.57 Å². The van der Waals surface area contributed by atoms with Gasteiger partial charge >= 0.3 is 18.3 Å². The molecule has 42 heavy (non-hydrogen) atoms. The minimum Gasteiger partial charge on any atom is -0.481 e. The van der Waals surface area contributed by atoms with Crippen LogP contribution >= 0.6 is 0 Å². The number of pyridine rings is 1. The van der Waals surface area contributed by atoms with Crippen LogP contribution in [0.15, 0.2) is 78.7 Å². The Kier molecular flexibility index (Phi) is 10.4. The van der Waals surface area contributed by atoms with Gasteiger partial charge in [0.05, 0.1) is 6.42 Å². The number of nitrogens with zero attached hydrogens (tertiary/aromatic N) is 3. The lowest BCUT2D eigenvalue weighted by Gasteiger charge is -2.41. The van der Waals surface area contributed by atoms with Crippen molar-refractivity contribution in [1.29, 1.82) is 0 Å². The summed E-state index contributed by atoms with van der Waals surface area (Å²) in [5, 5.41) is 19.1. The molecular formula is C30H33F6N3O3. The second kappa shape index (κ2) is 13.2. The van der Waals surface area contributed by atoms with Gasteiger partial charge in [-0.05, 0) is 48.3 Å². The number of aliphatic hydroxyl groups is 1. The molecule has 1 aromatic carbocycles. The van der Waals surface area contributed by atoms with Crippen molar-refractivity contribution in [2.45, 2.75) is 50.8 Å². The summed E-state index contributed by atoms with van der Waals surface area (Å²) in [4.78, 5) is 19.8. The standard InChI is InChI=1S/C30H33F6N3O3/c1-20(2)26(23-5-7-24(8-6-23)28(42,29(31,32)33)30(34,35)36)9-4-21(3)17-38-14-15-39(25(19-38)16-27(40)41)18-22-10-12-37-13-11-22/h4-13,25,42H,3,14-19H2,1-2H3,(H,40,41)/b9-4-/t25-/m1/s1. The minimum atomic E-state index is -5.96. The first-order chi connectivity index (χ1) is 19.5. The number of hydrogen-bond donors (Lipinski definition) is 2. The summed E-state index contributed by atoms with van der Waals surface area (Å²) < 4.78 is 79.5. The van der Waals surface area contributed by atoms with E-state index >= 15 is 0 Å². The highest BCUT2D eigenvalue weighted by molar-refractivity contribution is 5.76. The molecule has 6 nitrogen and oxygen atoms in total. The summed E-state index contributed by atoms with van der Waals surface area (Å²) in [6.45, 7) is 10.4. The minimum absolute atomic E-state index is 0.0282. The van der Waals surface area contributed by atoms with Gasteiger partial charge in [0, 0.05) is 56.7 Å². The molecule has 1 atom stereocenters. The number of carbonyl (C=O) groups is 1. The summed E-state index contributed by atoms with van der Waals surface area (Å²) in [7, 11) is 0. The number of aliphatic carboxylic acids is 1. The fourth-order valence-corrected chi connectivity index (χ4v) is 4.90. The second-order valence-corrected chi connectivity index (χ2v) is 10.5. The van der Waals surface area contributed by atoms with Gasteiger partial charge in [-0.15, -0.1) is 0 Å². The molecule has 1 aliphatic heterocycles. The van der Waals surface area contributed by atoms with Crippen molar-refractivity contribution in [2.24, 2.45) is 0 Å². The Balaban J connectivity index is 1.71. The van der Waals surface area contributed by atoms with E-state index in [9.17, 15) is 41.4 Å². The molecule has 12 heteroatoms. The average molecular weight is 598 g/mol. The number of carboxylic acids is 1. The molecule has 0 saturated carbocycles. The molecule has 2 aromatic rings. The van der Waals surface area contributed by atoms with E-state index < -0.39 is 29.5 Å². The largest absolute Gasteiger partial charge is 0.481 e. The van der Waals surface area contributed by atoms with Crippen molar-refractivity contribution in [2.75, 3.05) is 26.2 Å². The van der Waals surface area contributed by atoms with Crippen LogP contribution < -0.4 is 0 Å². The SMILES string of the molecule is C=C(/C=C\C(=C(C)C)c1ccc(C(O)(C(F)(F)F)C(F)(F)F)cc1)CN1CCN(Cc2ccncc2)[C@H](CC(=O)O)C1. The first-order valence-electron chi connectivity index (χ1n) is 13.1. The molecule has 1 saturated heterocycles. The van der Waals surface area contributed by atoms with E-state index in [-0.39, 0.29) is 12.5 Å². The molecule has 3 rings (SSSR count). The summed E-state index contributed by atoms with van der Waals surface area (Å²) >= 11 is 0. The molecule has 1 aliphatic rings. The fourth-order valence-electron chi connectivity index (χ4n) is 4.90. The highest BCUT2D eigenvalue weighted by Crippen LogP contribution is 2.50. The lowest BCUT2D eigenvalue weighted by atomic mass is 9.90. The molecule has 0 spiro atoms. The van der Waals surface area contributed by atoms with Gasteiger partial charge in [-0.25, -0.2) is 0 Å². The first kappa shape index (κ1) is 33.0. The van der Waals surface area contributed by atoms with Crippen LogP contribution in [-0.2, 0) is 16.9 Å². The Hall–Kier alpha value is -3.48. The molecule has 0 unspecified atom stereocenters. The number of carboxylic acid groups (broad SMARTS) is 1. The van der Waals surface area contributed by atoms with Gasteiger partial charge in [0.1, 0.15) is 0 Å². The van der Waals surface area contributed by atoms with Gasteiger partial charge in [-0.3, -0.25) is 19.6 Å². The van der Waals surface area contributed by atoms with Crippen LogP contribution in [0.1, 0.15) is 37.0 Å². The van der Waals surface area contributed by atoms with E-state index in [1.807, 2.05) is 12.1 Å². The normalized spacial score (nSPS) is 17.4. The number of halogens is 6. The van der Waals surface area contributed by atoms with Crippen molar-refractivity contribution in [3.8, 4) is 0 Å². The lowest BCUT2D eigenvalue weighted by molar-refractivity contribution is -0.376. The summed E-state index contributed by atoms with van der Waals surface area (Å²) in [5.41, 5.74) is -2.92. The van der Waals surface area contributed by atoms with Crippen molar-refractivity contribution in [1.82, 2.24) is 14.8 Å². The van der Waals surface area contributed by atoms with E-state index in [1.54, 1.807) is 38.4 Å². The van der Waals surface area contributed by atoms with E-state index in [0.717, 1.165) is 23.3 Å². The number of alkyl halides is 6. The molecule has 0 bridgehead atoms. The Morgan fingerprint density at radius 2 is 1.60 bits per heavy atom. The molecule has 0 amide bonds. The van der Waals surface area contributed by atoms with Crippen LogP contribution in [0.2, 0.25) is 0 Å². The van der Waals surface area contributed by atoms with Crippen LogP contribution in [0.5, 0.6) is 0 Å². The second-order valence-electron chi connectivity index (χ2n) is 10.5. The van der Waals surface area contributed by atoms with Gasteiger partial charge in [0.15, 0.2) is 0 Å². The summed E-state index contributed by atoms with van der Waals surface area (Å²) in [6.07, 6.45) is -5.18. The Labute approximate surface area is 240 Å². The maximum Gasteiger partial charge on any atom is 0.430 e. The first-order valence-corrected chi connectivity index (χ1v) is 13.1. The van der Waals surface area contributed by atoms with E-state index in [4.69, 9.17) is 0 Å². The fraction of sp³-hybridized carbons (Fsp3) is 0.400. The summed E-state index contributed by atoms with van der Waals surface area (Å²) in [6, 6.07) is 7.00. The number of rotatable bonds is 10. The predicted molar refractivity (Wildman–Crippen MR) is 146 cm³/mol. The van der Waals surface area contributed by atoms with Gasteiger partial charge in [0.2, 0.25) is 0 Å². The van der Waals surface area contributed by atoms with Crippen molar-refractivity contribution in [3.63, 3.8) is 0 Å². The average Bonchev–Trinajstić information content (AvgIpc) is 2.89. The number of piperazine rings is 1. The lowest BCUT2D eigenvalue weighted by Crippen LogP contribution is -2.53. The van der Waals surface area contributed by atoms with Gasteiger partial charge < -0.3 is 10.2 Å². The van der Waals surface area contributed by atoms with E-state index in [1.165, 1.54) is 0 Å². The van der Waals surface area contributed by atoms with Crippen LogP contribution in [-0.4, -0.2) is 75.5 Å². The molecule has 228 valence electrons. The molecule has 1 fully saturated rings. The van der Waals surface area contributed by atoms with E-state index in [2.05, 4.69) is 21.4 Å². The zero-order valence-electron chi connectivity index (χ0n) is 23.2. The van der Waals surface area contributed by atoms with Crippen LogP contribution in [0.4, 0.5) is 26.3 Å². The van der Waals surface area contributed by atoms with Crippen molar-refractivity contribution < 1.29 is 41.4 Å². The van der Waals surface area contributed by atoms with E-state index in [0.29, 0.717) is 61.6 Å². The Morgan fingerprint density at radius 3 is 2.12 bits per heavy atom. The zero-order valence-corrected chi connectivity index (χ0v) is 23.2. The molecule has 0 aliphatic carbocycles. The number of hydrogen-bond acceptors (Lipinski definition) is 5. The quantitative estimate of drug-likeness (QED) is 0.260. The summed E-state index contributed by atoms with van der Waals surface area (Å²) in [5.74, 6) is -0.900. The smallest absolute Gasteiger partial charge is 0.430 e. The molecule has 1 aromatic heterocycles. The number of allylic oxidation sites excluding steroid dienone is 3. The third-order valence-corrected chi connectivity index (χ3v) is 7.12. The molecule has 0 radical (unpaired) electrons. The van der Waals surface area contributed by atoms with Crippen LogP contribution in [0.3, 0.4) is 0 Å². The monoisotopic (exact) mass is 597 g/mol. The van der Waals surface area contributed by atoms with Gasteiger partial charge in [-0.1, -0.05) is 48.6 Å². The molecular weight excluding hydrogens is 564 g/mol. The molecule has 2 N–H and O–H groups in total. The number of aromatic nitrogens is 1. The highest BCUT2D eigenvalue weighted by Gasteiger charge is 2.71.